The first-order valence-corrected chi connectivity index (χ1v) is 6.54. The van der Waals surface area contributed by atoms with Crippen LogP contribution in [0.1, 0.15) is 44.4 Å². The van der Waals surface area contributed by atoms with Crippen LogP contribution in [0, 0.1) is 0 Å². The molecular weight excluding hydrogens is 288 g/mol. The average molecular weight is 300 g/mol. The first-order chi connectivity index (χ1) is 10.6. The van der Waals surface area contributed by atoms with Crippen molar-refractivity contribution in [2.45, 2.75) is 12.6 Å². The highest BCUT2D eigenvalue weighted by Gasteiger charge is 2.28. The number of benzene rings is 2. The maximum absolute atomic E-state index is 12.1. The van der Waals surface area contributed by atoms with Gasteiger partial charge >= 0.3 is 11.9 Å². The number of aliphatic hydroxyl groups excluding tert-OH is 2. The molecule has 0 bridgehead atoms. The Labute approximate surface area is 125 Å². The zero-order valence-electron chi connectivity index (χ0n) is 11.3. The molecule has 3 rings (SSSR count). The first-order valence-electron chi connectivity index (χ1n) is 6.54. The molecule has 0 aromatic heterocycles. The molecule has 0 amide bonds. The Morgan fingerprint density at radius 1 is 0.682 bits per heavy atom. The Morgan fingerprint density at radius 2 is 1.05 bits per heavy atom. The summed E-state index contributed by atoms with van der Waals surface area (Å²) < 4.78 is 9.95. The van der Waals surface area contributed by atoms with E-state index < -0.39 is 24.5 Å². The Balaban J connectivity index is 2.12. The van der Waals surface area contributed by atoms with Gasteiger partial charge in [0.2, 0.25) is 12.6 Å². The van der Waals surface area contributed by atoms with Crippen molar-refractivity contribution in [1.29, 1.82) is 0 Å². The molecule has 2 unspecified atom stereocenters. The van der Waals surface area contributed by atoms with Crippen molar-refractivity contribution in [3.05, 3.63) is 70.8 Å². The van der Waals surface area contributed by atoms with Gasteiger partial charge in [-0.25, -0.2) is 9.59 Å². The number of esters is 2. The summed E-state index contributed by atoms with van der Waals surface area (Å²) in [7, 11) is 0. The van der Waals surface area contributed by atoms with Crippen molar-refractivity contribution in [2.24, 2.45) is 0 Å². The van der Waals surface area contributed by atoms with E-state index in [2.05, 4.69) is 0 Å². The highest BCUT2D eigenvalue weighted by molar-refractivity contribution is 5.94. The molecular formula is C16H12O6. The highest BCUT2D eigenvalue weighted by atomic mass is 16.6. The van der Waals surface area contributed by atoms with Crippen LogP contribution in [0.4, 0.5) is 0 Å². The van der Waals surface area contributed by atoms with Crippen LogP contribution in [-0.4, -0.2) is 22.2 Å². The summed E-state index contributed by atoms with van der Waals surface area (Å²) in [4.78, 5) is 24.3. The number of aliphatic hydroxyl groups is 2. The van der Waals surface area contributed by atoms with Gasteiger partial charge in [-0.15, -0.1) is 0 Å². The van der Waals surface area contributed by atoms with Crippen LogP contribution in [0.15, 0.2) is 48.5 Å². The molecule has 2 atom stereocenters. The predicted molar refractivity (Wildman–Crippen MR) is 73.6 cm³/mol. The second-order valence-electron chi connectivity index (χ2n) is 4.69. The van der Waals surface area contributed by atoms with Crippen molar-refractivity contribution in [2.75, 3.05) is 0 Å². The summed E-state index contributed by atoms with van der Waals surface area (Å²) in [6.45, 7) is 0. The molecule has 0 fully saturated rings. The van der Waals surface area contributed by atoms with Crippen molar-refractivity contribution in [3.8, 4) is 0 Å². The van der Waals surface area contributed by atoms with Crippen LogP contribution in [0.2, 0.25) is 0 Å². The van der Waals surface area contributed by atoms with Gasteiger partial charge in [0.1, 0.15) is 0 Å². The number of carbonyl (C=O) groups is 2. The van der Waals surface area contributed by atoms with E-state index in [1.54, 1.807) is 24.3 Å². The van der Waals surface area contributed by atoms with Gasteiger partial charge in [-0.05, 0) is 12.1 Å². The van der Waals surface area contributed by atoms with E-state index in [4.69, 9.17) is 9.47 Å². The minimum absolute atomic E-state index is 0.0150. The van der Waals surface area contributed by atoms with Gasteiger partial charge < -0.3 is 19.7 Å². The van der Waals surface area contributed by atoms with Crippen LogP contribution in [0.25, 0.3) is 0 Å². The molecule has 0 radical (unpaired) electrons. The molecule has 6 heteroatoms. The average Bonchev–Trinajstić information content (AvgIpc) is 2.53. The second kappa shape index (κ2) is 5.59. The summed E-state index contributed by atoms with van der Waals surface area (Å²) in [6.07, 6.45) is -3.22. The molecule has 0 saturated carbocycles. The summed E-state index contributed by atoms with van der Waals surface area (Å²) in [5.74, 6) is -1.65. The fourth-order valence-corrected chi connectivity index (χ4v) is 2.25. The van der Waals surface area contributed by atoms with E-state index in [1.807, 2.05) is 0 Å². The topological polar surface area (TPSA) is 93.1 Å². The quantitative estimate of drug-likeness (QED) is 0.719. The highest BCUT2D eigenvalue weighted by Crippen LogP contribution is 2.28. The monoisotopic (exact) mass is 300 g/mol. The van der Waals surface area contributed by atoms with E-state index in [-0.39, 0.29) is 22.3 Å². The van der Waals surface area contributed by atoms with E-state index >= 15 is 0 Å². The van der Waals surface area contributed by atoms with E-state index in [9.17, 15) is 19.8 Å². The number of ether oxygens (including phenoxy) is 2. The van der Waals surface area contributed by atoms with Gasteiger partial charge in [0.25, 0.3) is 0 Å². The number of cyclic esters (lactones) is 2. The zero-order chi connectivity index (χ0) is 15.7. The molecule has 2 aromatic carbocycles. The van der Waals surface area contributed by atoms with Crippen LogP contribution >= 0.6 is 0 Å². The molecule has 1 aliphatic rings. The molecule has 2 N–H and O–H groups in total. The normalized spacial score (nSPS) is 21.2. The van der Waals surface area contributed by atoms with Crippen molar-refractivity contribution >= 4 is 11.9 Å². The second-order valence-corrected chi connectivity index (χ2v) is 4.69. The molecule has 2 aromatic rings. The summed E-state index contributed by atoms with van der Waals surface area (Å²) in [5, 5.41) is 20.1. The van der Waals surface area contributed by atoms with Gasteiger partial charge in [0.05, 0.1) is 11.1 Å². The predicted octanol–water partition coefficient (Wildman–Crippen LogP) is 1.70. The Hall–Kier alpha value is -2.70. The van der Waals surface area contributed by atoms with Gasteiger partial charge in [0, 0.05) is 11.1 Å². The van der Waals surface area contributed by atoms with E-state index in [1.165, 1.54) is 24.3 Å². The lowest BCUT2D eigenvalue weighted by molar-refractivity contribution is -0.0803. The molecule has 0 saturated heterocycles. The van der Waals surface area contributed by atoms with Gasteiger partial charge in [0.15, 0.2) is 0 Å². The van der Waals surface area contributed by atoms with Crippen molar-refractivity contribution in [1.82, 2.24) is 0 Å². The lowest BCUT2D eigenvalue weighted by atomic mass is 10.0. The fourth-order valence-electron chi connectivity index (χ4n) is 2.25. The summed E-state index contributed by atoms with van der Waals surface area (Å²) >= 11 is 0. The third-order valence-corrected chi connectivity index (χ3v) is 3.33. The molecule has 22 heavy (non-hydrogen) atoms. The third-order valence-electron chi connectivity index (χ3n) is 3.33. The van der Waals surface area contributed by atoms with Crippen LogP contribution in [-0.2, 0) is 9.47 Å². The largest absolute Gasteiger partial charge is 0.428 e. The SMILES string of the molecule is O=C1OC(O)c2ccccc2C(=O)OC(O)c2ccccc21. The molecule has 0 spiro atoms. The summed E-state index contributed by atoms with van der Waals surface area (Å²) in [5.41, 5.74) is 0.210. The maximum Gasteiger partial charge on any atom is 0.341 e. The number of hydrogen-bond donors (Lipinski definition) is 2. The number of rotatable bonds is 0. The van der Waals surface area contributed by atoms with Crippen LogP contribution in [0.5, 0.6) is 0 Å². The van der Waals surface area contributed by atoms with Crippen molar-refractivity contribution < 1.29 is 29.3 Å². The van der Waals surface area contributed by atoms with Crippen LogP contribution < -0.4 is 0 Å². The lowest BCUT2D eigenvalue weighted by Crippen LogP contribution is -2.22. The van der Waals surface area contributed by atoms with E-state index in [0.29, 0.717) is 0 Å². The van der Waals surface area contributed by atoms with Gasteiger partial charge in [-0.2, -0.15) is 0 Å². The Morgan fingerprint density at radius 3 is 1.45 bits per heavy atom. The molecule has 6 nitrogen and oxygen atoms in total. The Bertz CT molecular complexity index is 675. The van der Waals surface area contributed by atoms with Crippen molar-refractivity contribution in [3.63, 3.8) is 0 Å². The van der Waals surface area contributed by atoms with Gasteiger partial charge in [-0.1, -0.05) is 36.4 Å². The number of hydrogen-bond acceptors (Lipinski definition) is 6. The fraction of sp³-hybridized carbons (Fsp3) is 0.125. The minimum Gasteiger partial charge on any atom is -0.428 e. The van der Waals surface area contributed by atoms with Crippen LogP contribution in [0.3, 0.4) is 0 Å². The first kappa shape index (κ1) is 14.2. The number of carbonyl (C=O) groups excluding carboxylic acids is 2. The lowest BCUT2D eigenvalue weighted by Gasteiger charge is -2.21. The summed E-state index contributed by atoms with van der Waals surface area (Å²) in [6, 6.07) is 12.0. The third kappa shape index (κ3) is 2.45. The molecule has 1 aliphatic heterocycles. The molecule has 1 heterocycles. The molecule has 112 valence electrons. The smallest absolute Gasteiger partial charge is 0.341 e. The molecule has 0 aliphatic carbocycles. The maximum atomic E-state index is 12.1. The van der Waals surface area contributed by atoms with E-state index in [0.717, 1.165) is 0 Å². The zero-order valence-corrected chi connectivity index (χ0v) is 11.3. The van der Waals surface area contributed by atoms with Gasteiger partial charge in [-0.3, -0.25) is 0 Å². The Kier molecular flexibility index (Phi) is 3.62. The standard InChI is InChI=1S/C16H12O6/c17-13-9-5-1-2-6-10(9)14(18)22-16(20)12-8-4-3-7-11(12)15(19)21-13/h1-8,13,16-17,20H. The minimum atomic E-state index is -1.61. The number of fused-ring (bicyclic) bond motifs is 2.